The number of ether oxygens (including phenoxy) is 1. The Morgan fingerprint density at radius 1 is 1.11 bits per heavy atom. The molecule has 3 N–H and O–H groups in total. The van der Waals surface area contributed by atoms with E-state index in [1.807, 2.05) is 24.3 Å². The summed E-state index contributed by atoms with van der Waals surface area (Å²) in [7, 11) is 1.63. The molecule has 4 heteroatoms. The Bertz CT molecular complexity index is 499. The molecule has 4 nitrogen and oxygen atoms in total. The summed E-state index contributed by atoms with van der Waals surface area (Å²) >= 11 is 0. The van der Waals surface area contributed by atoms with Crippen LogP contribution in [0.3, 0.4) is 0 Å². The lowest BCUT2D eigenvalue weighted by Gasteiger charge is -2.22. The zero-order valence-electron chi connectivity index (χ0n) is 10.9. The van der Waals surface area contributed by atoms with E-state index in [2.05, 4.69) is 4.98 Å². The maximum atomic E-state index is 10.4. The topological polar surface area (TPSA) is 68.4 Å². The maximum Gasteiger partial charge on any atom is 0.118 e. The first-order chi connectivity index (χ1) is 9.26. The van der Waals surface area contributed by atoms with Crippen molar-refractivity contribution in [3.8, 4) is 5.75 Å². The Morgan fingerprint density at radius 2 is 1.74 bits per heavy atom. The number of benzene rings is 1. The van der Waals surface area contributed by atoms with Crippen LogP contribution in [-0.4, -0.2) is 23.7 Å². The predicted octanol–water partition coefficient (Wildman–Crippen LogP) is 1.87. The zero-order valence-corrected chi connectivity index (χ0v) is 10.9. The van der Waals surface area contributed by atoms with Crippen molar-refractivity contribution < 1.29 is 9.84 Å². The van der Waals surface area contributed by atoms with Gasteiger partial charge in [0.05, 0.1) is 13.2 Å². The lowest BCUT2D eigenvalue weighted by atomic mass is 9.89. The van der Waals surface area contributed by atoms with Crippen LogP contribution in [0.25, 0.3) is 0 Å². The number of aliphatic hydroxyl groups excluding tert-OH is 1. The molecule has 1 heterocycles. The van der Waals surface area contributed by atoms with Gasteiger partial charge in [-0.25, -0.2) is 0 Å². The van der Waals surface area contributed by atoms with Gasteiger partial charge in [0, 0.05) is 24.9 Å². The summed E-state index contributed by atoms with van der Waals surface area (Å²) in [6.07, 6.45) is 2.70. The smallest absolute Gasteiger partial charge is 0.118 e. The number of aromatic nitrogens is 1. The van der Waals surface area contributed by atoms with Crippen LogP contribution < -0.4 is 10.5 Å². The van der Waals surface area contributed by atoms with Gasteiger partial charge in [-0.05, 0) is 35.4 Å². The molecule has 0 fully saturated rings. The van der Waals surface area contributed by atoms with Crippen LogP contribution in [0, 0.1) is 0 Å². The van der Waals surface area contributed by atoms with Crippen molar-refractivity contribution in [3.63, 3.8) is 0 Å². The van der Waals surface area contributed by atoms with Crippen LogP contribution in [0.15, 0.2) is 48.8 Å². The molecule has 0 radical (unpaired) electrons. The van der Waals surface area contributed by atoms with Gasteiger partial charge in [0.25, 0.3) is 0 Å². The standard InChI is InChI=1S/C15H18N2O2/c1-19-13-4-2-11(3-5-13)14(10-16)15(18)12-6-8-17-9-7-12/h2-9,14-15,18H,10,16H2,1H3. The highest BCUT2D eigenvalue weighted by atomic mass is 16.5. The van der Waals surface area contributed by atoms with Crippen LogP contribution in [0.2, 0.25) is 0 Å². The summed E-state index contributed by atoms with van der Waals surface area (Å²) in [4.78, 5) is 3.95. The monoisotopic (exact) mass is 258 g/mol. The second kappa shape index (κ2) is 6.31. The van der Waals surface area contributed by atoms with Gasteiger partial charge in [-0.2, -0.15) is 0 Å². The second-order valence-corrected chi connectivity index (χ2v) is 4.34. The molecular weight excluding hydrogens is 240 g/mol. The molecule has 0 saturated carbocycles. The average Bonchev–Trinajstić information content (AvgIpc) is 2.49. The van der Waals surface area contributed by atoms with Crippen molar-refractivity contribution in [1.29, 1.82) is 0 Å². The largest absolute Gasteiger partial charge is 0.497 e. The number of nitrogens with zero attached hydrogens (tertiary/aromatic N) is 1. The maximum absolute atomic E-state index is 10.4. The van der Waals surface area contributed by atoms with Crippen molar-refractivity contribution in [1.82, 2.24) is 4.98 Å². The third-order valence-electron chi connectivity index (χ3n) is 3.23. The summed E-state index contributed by atoms with van der Waals surface area (Å²) in [5, 5.41) is 10.4. The fourth-order valence-corrected chi connectivity index (χ4v) is 2.09. The number of hydrogen-bond donors (Lipinski definition) is 2. The van der Waals surface area contributed by atoms with E-state index >= 15 is 0 Å². The molecule has 2 unspecified atom stereocenters. The van der Waals surface area contributed by atoms with Gasteiger partial charge in [0.15, 0.2) is 0 Å². The Labute approximate surface area is 112 Å². The molecule has 2 rings (SSSR count). The van der Waals surface area contributed by atoms with Crippen LogP contribution >= 0.6 is 0 Å². The van der Waals surface area contributed by atoms with Crippen LogP contribution in [0.1, 0.15) is 23.1 Å². The van der Waals surface area contributed by atoms with Gasteiger partial charge in [-0.1, -0.05) is 12.1 Å². The molecule has 0 amide bonds. The first-order valence-electron chi connectivity index (χ1n) is 6.18. The van der Waals surface area contributed by atoms with Gasteiger partial charge >= 0.3 is 0 Å². The molecule has 0 aliphatic heterocycles. The molecule has 2 aromatic rings. The summed E-state index contributed by atoms with van der Waals surface area (Å²) in [5.41, 5.74) is 7.62. The van der Waals surface area contributed by atoms with Gasteiger partial charge in [-0.3, -0.25) is 4.98 Å². The Kier molecular flexibility index (Phi) is 4.49. The van der Waals surface area contributed by atoms with E-state index in [4.69, 9.17) is 10.5 Å². The first kappa shape index (κ1) is 13.5. The molecule has 2 atom stereocenters. The Morgan fingerprint density at radius 3 is 2.26 bits per heavy atom. The summed E-state index contributed by atoms with van der Waals surface area (Å²) in [5.74, 6) is 0.645. The van der Waals surface area contributed by atoms with E-state index < -0.39 is 6.10 Å². The minimum absolute atomic E-state index is 0.145. The number of aliphatic hydroxyl groups is 1. The van der Waals surface area contributed by atoms with Crippen LogP contribution in [0.5, 0.6) is 5.75 Å². The Balaban J connectivity index is 2.23. The van der Waals surface area contributed by atoms with Crippen molar-refractivity contribution in [2.45, 2.75) is 12.0 Å². The average molecular weight is 258 g/mol. The molecule has 19 heavy (non-hydrogen) atoms. The molecule has 0 saturated heterocycles. The molecule has 0 aliphatic carbocycles. The predicted molar refractivity (Wildman–Crippen MR) is 74.0 cm³/mol. The van der Waals surface area contributed by atoms with E-state index in [-0.39, 0.29) is 5.92 Å². The van der Waals surface area contributed by atoms with Gasteiger partial charge in [-0.15, -0.1) is 0 Å². The molecule has 1 aromatic heterocycles. The normalized spacial score (nSPS) is 13.8. The van der Waals surface area contributed by atoms with E-state index in [9.17, 15) is 5.11 Å². The number of hydrogen-bond acceptors (Lipinski definition) is 4. The lowest BCUT2D eigenvalue weighted by Crippen LogP contribution is -2.20. The molecule has 0 bridgehead atoms. The van der Waals surface area contributed by atoms with Crippen LogP contribution in [0.4, 0.5) is 0 Å². The Hall–Kier alpha value is -1.91. The molecule has 100 valence electrons. The van der Waals surface area contributed by atoms with Gasteiger partial charge in [0.2, 0.25) is 0 Å². The van der Waals surface area contributed by atoms with Crippen molar-refractivity contribution in [2.75, 3.05) is 13.7 Å². The minimum Gasteiger partial charge on any atom is -0.497 e. The third-order valence-corrected chi connectivity index (χ3v) is 3.23. The summed E-state index contributed by atoms with van der Waals surface area (Å²) in [6.45, 7) is 0.371. The van der Waals surface area contributed by atoms with Crippen LogP contribution in [-0.2, 0) is 0 Å². The van der Waals surface area contributed by atoms with Crippen molar-refractivity contribution in [3.05, 3.63) is 59.9 Å². The van der Waals surface area contributed by atoms with Gasteiger partial charge in [0.1, 0.15) is 5.75 Å². The summed E-state index contributed by atoms with van der Waals surface area (Å²) in [6, 6.07) is 11.2. The van der Waals surface area contributed by atoms with E-state index in [0.717, 1.165) is 16.9 Å². The molecule has 0 spiro atoms. The molecule has 1 aromatic carbocycles. The lowest BCUT2D eigenvalue weighted by molar-refractivity contribution is 0.147. The van der Waals surface area contributed by atoms with Gasteiger partial charge < -0.3 is 15.6 Å². The number of methoxy groups -OCH3 is 1. The summed E-state index contributed by atoms with van der Waals surface area (Å²) < 4.78 is 5.13. The van der Waals surface area contributed by atoms with E-state index in [0.29, 0.717) is 6.54 Å². The van der Waals surface area contributed by atoms with E-state index in [1.165, 1.54) is 0 Å². The molecule has 0 aliphatic rings. The number of nitrogens with two attached hydrogens (primary N) is 1. The third kappa shape index (κ3) is 3.10. The van der Waals surface area contributed by atoms with Crippen molar-refractivity contribution in [2.24, 2.45) is 5.73 Å². The zero-order chi connectivity index (χ0) is 13.7. The number of rotatable bonds is 5. The second-order valence-electron chi connectivity index (χ2n) is 4.34. The first-order valence-corrected chi connectivity index (χ1v) is 6.18. The fraction of sp³-hybridized carbons (Fsp3) is 0.267. The minimum atomic E-state index is -0.638. The highest BCUT2D eigenvalue weighted by molar-refractivity contribution is 5.32. The SMILES string of the molecule is COc1ccc(C(CN)C(O)c2ccncc2)cc1. The van der Waals surface area contributed by atoms with Crippen molar-refractivity contribution >= 4 is 0 Å². The highest BCUT2D eigenvalue weighted by Crippen LogP contribution is 2.30. The molecular formula is C15H18N2O2. The highest BCUT2D eigenvalue weighted by Gasteiger charge is 2.21. The van der Waals surface area contributed by atoms with E-state index in [1.54, 1.807) is 31.6 Å². The quantitative estimate of drug-likeness (QED) is 0.859. The number of pyridine rings is 1. The fourth-order valence-electron chi connectivity index (χ4n) is 2.09.